The lowest BCUT2D eigenvalue weighted by Crippen LogP contribution is -2.25. The van der Waals surface area contributed by atoms with Crippen LogP contribution in [0.5, 0.6) is 5.88 Å². The van der Waals surface area contributed by atoms with Crippen molar-refractivity contribution >= 4 is 13.6 Å². The molecular formula is C7H9BN2O4. The first kappa shape index (κ1) is 10.5. The van der Waals surface area contributed by atoms with Crippen molar-refractivity contribution in [2.24, 2.45) is 0 Å². The molecule has 14 heavy (non-hydrogen) atoms. The van der Waals surface area contributed by atoms with Crippen LogP contribution in [0.2, 0.25) is 0 Å². The molecule has 0 atom stereocenters. The van der Waals surface area contributed by atoms with E-state index >= 15 is 0 Å². The highest BCUT2D eigenvalue weighted by molar-refractivity contribution is 6.22. The molecular weight excluding hydrogens is 187 g/mol. The van der Waals surface area contributed by atoms with Crippen molar-refractivity contribution in [1.82, 2.24) is 10.4 Å². The van der Waals surface area contributed by atoms with Crippen LogP contribution in [0.3, 0.4) is 0 Å². The molecule has 0 saturated carbocycles. The second-order valence-corrected chi connectivity index (χ2v) is 2.37. The minimum atomic E-state index is -1.02. The van der Waals surface area contributed by atoms with Crippen LogP contribution in [0.4, 0.5) is 0 Å². The summed E-state index contributed by atoms with van der Waals surface area (Å²) in [4.78, 5) is 19.1. The smallest absolute Gasteiger partial charge is 0.397 e. The van der Waals surface area contributed by atoms with E-state index in [-0.39, 0.29) is 19.1 Å². The van der Waals surface area contributed by atoms with Gasteiger partial charge in [-0.1, -0.05) is 0 Å². The molecule has 0 amide bonds. The summed E-state index contributed by atoms with van der Waals surface area (Å²) < 4.78 is 4.67. The molecule has 0 fully saturated rings. The van der Waals surface area contributed by atoms with Crippen molar-refractivity contribution < 1.29 is 19.4 Å². The van der Waals surface area contributed by atoms with Crippen LogP contribution in [0.25, 0.3) is 0 Å². The normalized spacial score (nSPS) is 9.50. The minimum Gasteiger partial charge on any atom is -0.478 e. The second-order valence-electron chi connectivity index (χ2n) is 2.37. The van der Waals surface area contributed by atoms with Crippen molar-refractivity contribution in [2.45, 2.75) is 0 Å². The Kier molecular flexibility index (Phi) is 3.90. The van der Waals surface area contributed by atoms with E-state index in [0.29, 0.717) is 0 Å². The highest BCUT2D eigenvalue weighted by atomic mass is 16.7. The number of rotatable bonds is 5. The molecule has 0 aromatic carbocycles. The van der Waals surface area contributed by atoms with E-state index in [1.54, 1.807) is 0 Å². The zero-order chi connectivity index (χ0) is 10.4. The van der Waals surface area contributed by atoms with Crippen molar-refractivity contribution in [3.63, 3.8) is 0 Å². The number of nitrogens with zero attached hydrogens (tertiary/aromatic N) is 1. The van der Waals surface area contributed by atoms with Gasteiger partial charge in [-0.15, -0.1) is 0 Å². The predicted molar refractivity (Wildman–Crippen MR) is 49.1 cm³/mol. The number of carboxylic acid groups (broad SMARTS) is 1. The molecule has 7 heteroatoms. The van der Waals surface area contributed by atoms with E-state index in [2.05, 4.69) is 15.0 Å². The molecule has 1 rings (SSSR count). The fraction of sp³-hybridized carbons (Fsp3) is 0.143. The molecule has 0 spiro atoms. The van der Waals surface area contributed by atoms with Gasteiger partial charge in [0.05, 0.1) is 5.56 Å². The van der Waals surface area contributed by atoms with Gasteiger partial charge >= 0.3 is 13.6 Å². The van der Waals surface area contributed by atoms with Crippen LogP contribution in [-0.4, -0.2) is 30.8 Å². The summed E-state index contributed by atoms with van der Waals surface area (Å²) in [6.45, 7) is 0. The van der Waals surface area contributed by atoms with Crippen LogP contribution in [0.15, 0.2) is 18.3 Å². The van der Waals surface area contributed by atoms with Crippen molar-refractivity contribution in [3.05, 3.63) is 23.9 Å². The molecule has 1 aromatic rings. The average Bonchev–Trinajstić information content (AvgIpc) is 2.19. The summed E-state index contributed by atoms with van der Waals surface area (Å²) >= 11 is 0. The molecule has 0 radical (unpaired) electrons. The number of aromatic carboxylic acids is 1. The van der Waals surface area contributed by atoms with Crippen LogP contribution in [0.1, 0.15) is 10.4 Å². The molecule has 0 unspecified atom stereocenters. The maximum atomic E-state index is 10.5. The van der Waals surface area contributed by atoms with Crippen molar-refractivity contribution in [3.8, 4) is 5.88 Å². The summed E-state index contributed by atoms with van der Waals surface area (Å²) in [6.07, 6.45) is 1.21. The molecule has 1 heterocycles. The second kappa shape index (κ2) is 5.20. The maximum absolute atomic E-state index is 10.5. The van der Waals surface area contributed by atoms with Gasteiger partial charge in [-0.25, -0.2) is 9.78 Å². The molecule has 6 nitrogen and oxygen atoms in total. The number of carbonyl (C=O) groups is 1. The maximum Gasteiger partial charge on any atom is 0.397 e. The van der Waals surface area contributed by atoms with Gasteiger partial charge in [0.1, 0.15) is 0 Å². The minimum absolute atomic E-state index is 0.115. The van der Waals surface area contributed by atoms with Gasteiger partial charge in [-0.2, -0.15) is 5.39 Å². The number of pyridine rings is 1. The molecule has 74 valence electrons. The first-order valence-electron chi connectivity index (χ1n) is 3.82. The van der Waals surface area contributed by atoms with E-state index in [4.69, 9.17) is 9.94 Å². The Balaban J connectivity index is 2.51. The first-order chi connectivity index (χ1) is 6.74. The van der Waals surface area contributed by atoms with Gasteiger partial charge in [0, 0.05) is 19.4 Å². The van der Waals surface area contributed by atoms with Crippen LogP contribution >= 0.6 is 0 Å². The number of aromatic nitrogens is 1. The van der Waals surface area contributed by atoms with Gasteiger partial charge in [0.15, 0.2) is 0 Å². The van der Waals surface area contributed by atoms with Crippen LogP contribution < -0.4 is 10.2 Å². The molecule has 0 aliphatic carbocycles. The van der Waals surface area contributed by atoms with Gasteiger partial charge in [-0.3, -0.25) is 0 Å². The van der Waals surface area contributed by atoms with E-state index < -0.39 is 5.97 Å². The lowest BCUT2D eigenvalue weighted by atomic mass is 10.3. The van der Waals surface area contributed by atoms with Crippen LogP contribution in [-0.2, 0) is 4.65 Å². The Morgan fingerprint density at radius 3 is 2.93 bits per heavy atom. The number of hydrogen-bond acceptors (Lipinski definition) is 5. The fourth-order valence-electron chi connectivity index (χ4n) is 0.730. The quantitative estimate of drug-likeness (QED) is 0.378. The summed E-state index contributed by atoms with van der Waals surface area (Å²) in [6, 6.07) is 2.85. The van der Waals surface area contributed by atoms with E-state index in [1.807, 2.05) is 0 Å². The Bertz CT molecular complexity index is 303. The number of nitrogens with one attached hydrogen (secondary N) is 1. The van der Waals surface area contributed by atoms with E-state index in [0.717, 1.165) is 0 Å². The average molecular weight is 196 g/mol. The lowest BCUT2D eigenvalue weighted by molar-refractivity contribution is 0.0696. The molecule has 0 aliphatic rings. The van der Waals surface area contributed by atoms with Crippen LogP contribution in [0, 0.1) is 0 Å². The van der Waals surface area contributed by atoms with Crippen molar-refractivity contribution in [2.75, 3.05) is 7.11 Å². The molecule has 0 aliphatic heterocycles. The third kappa shape index (κ3) is 3.04. The van der Waals surface area contributed by atoms with Crippen molar-refractivity contribution in [1.29, 1.82) is 0 Å². The summed E-state index contributed by atoms with van der Waals surface area (Å²) in [5, 5.41) is 11.0. The molecule has 2 N–H and O–H groups in total. The lowest BCUT2D eigenvalue weighted by Gasteiger charge is -2.03. The zero-order valence-electron chi connectivity index (χ0n) is 7.56. The largest absolute Gasteiger partial charge is 0.478 e. The Labute approximate surface area is 81.1 Å². The molecule has 0 bridgehead atoms. The fourth-order valence-corrected chi connectivity index (χ4v) is 0.730. The monoisotopic (exact) mass is 196 g/mol. The third-order valence-corrected chi connectivity index (χ3v) is 1.36. The van der Waals surface area contributed by atoms with E-state index in [9.17, 15) is 4.79 Å². The van der Waals surface area contributed by atoms with Gasteiger partial charge in [-0.05, 0) is 6.07 Å². The first-order valence-corrected chi connectivity index (χ1v) is 3.82. The van der Waals surface area contributed by atoms with Gasteiger partial charge < -0.3 is 14.6 Å². The predicted octanol–water partition coefficient (Wildman–Crippen LogP) is -0.424. The third-order valence-electron chi connectivity index (χ3n) is 1.36. The van der Waals surface area contributed by atoms with E-state index in [1.165, 1.54) is 25.4 Å². The zero-order valence-corrected chi connectivity index (χ0v) is 7.56. The summed E-state index contributed by atoms with van der Waals surface area (Å²) in [5.74, 6) is -0.735. The topological polar surface area (TPSA) is 80.7 Å². The highest BCUT2D eigenvalue weighted by Gasteiger charge is 2.03. The standard InChI is InChI=1S/C7H9BN2O4/c1-13-8-10-14-6-3-2-5(4-9-6)7(11)12/h2-4,8,10H,1H3,(H,11,12). The molecule has 0 saturated heterocycles. The SMILES string of the molecule is COBNOc1ccc(C(=O)O)cn1. The van der Waals surface area contributed by atoms with Gasteiger partial charge in [0.2, 0.25) is 5.88 Å². The summed E-state index contributed by atoms with van der Waals surface area (Å²) in [5.41, 5.74) is 0.115. The Hall–Kier alpha value is -1.60. The number of hydrogen-bond donors (Lipinski definition) is 2. The Morgan fingerprint density at radius 1 is 1.64 bits per heavy atom. The van der Waals surface area contributed by atoms with Gasteiger partial charge in [0.25, 0.3) is 0 Å². The summed E-state index contributed by atoms with van der Waals surface area (Å²) in [7, 11) is 1.74. The number of carboxylic acids is 1. The molecule has 1 aromatic heterocycles. The highest BCUT2D eigenvalue weighted by Crippen LogP contribution is 2.05. The Morgan fingerprint density at radius 2 is 2.43 bits per heavy atom.